The molecular weight excluding hydrogens is 580 g/mol. The number of nitrogens with one attached hydrogen (secondary N) is 1. The number of benzene rings is 3. The lowest BCUT2D eigenvalue weighted by Crippen LogP contribution is -2.42. The van der Waals surface area contributed by atoms with Crippen molar-refractivity contribution in [3.05, 3.63) is 90.0 Å². The van der Waals surface area contributed by atoms with Crippen LogP contribution in [0.15, 0.2) is 78.9 Å². The number of methoxy groups -OCH3 is 1. The Morgan fingerprint density at radius 2 is 1.54 bits per heavy atom. The van der Waals surface area contributed by atoms with Crippen LogP contribution in [0.3, 0.4) is 0 Å². The molecule has 1 N–H and O–H groups in total. The molecule has 0 aromatic heterocycles. The van der Waals surface area contributed by atoms with E-state index in [0.717, 1.165) is 87.2 Å². The molecule has 46 heavy (non-hydrogen) atoms. The maximum absolute atomic E-state index is 12.7. The van der Waals surface area contributed by atoms with Crippen LogP contribution in [0.5, 0.6) is 0 Å². The summed E-state index contributed by atoms with van der Waals surface area (Å²) < 4.78 is 10.5. The van der Waals surface area contributed by atoms with E-state index in [4.69, 9.17) is 9.47 Å². The summed E-state index contributed by atoms with van der Waals surface area (Å²) in [5.74, 6) is -0.139. The Morgan fingerprint density at radius 3 is 2.26 bits per heavy atom. The predicted molar refractivity (Wildman–Crippen MR) is 182 cm³/mol. The van der Waals surface area contributed by atoms with E-state index < -0.39 is 6.09 Å². The van der Waals surface area contributed by atoms with Crippen LogP contribution in [0.4, 0.5) is 10.5 Å². The number of ether oxygens (including phenoxy) is 2. The highest BCUT2D eigenvalue weighted by molar-refractivity contribution is 5.91. The zero-order chi connectivity index (χ0) is 32.7. The number of likely N-dealkylation sites (N-methyl/N-ethyl adjacent to an activating group) is 1. The number of nitrogens with zero attached hydrogens (tertiary/aromatic N) is 3. The van der Waals surface area contributed by atoms with E-state index in [1.807, 2.05) is 78.7 Å². The fourth-order valence-corrected chi connectivity index (χ4v) is 5.70. The van der Waals surface area contributed by atoms with Gasteiger partial charge in [0.1, 0.15) is 6.10 Å². The van der Waals surface area contributed by atoms with E-state index in [2.05, 4.69) is 22.2 Å². The van der Waals surface area contributed by atoms with Crippen molar-refractivity contribution in [1.82, 2.24) is 14.7 Å². The van der Waals surface area contributed by atoms with Crippen molar-refractivity contribution < 1.29 is 23.9 Å². The van der Waals surface area contributed by atoms with Crippen LogP contribution < -0.4 is 5.32 Å². The van der Waals surface area contributed by atoms with Crippen molar-refractivity contribution in [2.75, 3.05) is 59.2 Å². The van der Waals surface area contributed by atoms with E-state index in [1.54, 1.807) is 12.1 Å². The van der Waals surface area contributed by atoms with Gasteiger partial charge >= 0.3 is 12.1 Å². The molecule has 246 valence electrons. The topological polar surface area (TPSA) is 91.4 Å². The number of esters is 1. The maximum atomic E-state index is 12.7. The number of para-hydroxylation sites is 1. The van der Waals surface area contributed by atoms with Gasteiger partial charge in [0.05, 0.1) is 18.4 Å². The molecule has 1 aliphatic heterocycles. The third kappa shape index (κ3) is 11.0. The highest BCUT2D eigenvalue weighted by Gasteiger charge is 2.23. The Balaban J connectivity index is 1.06. The Bertz CT molecular complexity index is 1390. The Labute approximate surface area is 273 Å². The first-order valence-corrected chi connectivity index (χ1v) is 16.3. The number of hydrogen-bond acceptors (Lipinski definition) is 7. The summed E-state index contributed by atoms with van der Waals surface area (Å²) in [5.41, 5.74) is 4.43. The van der Waals surface area contributed by atoms with Crippen molar-refractivity contribution in [1.29, 1.82) is 0 Å². The smallest absolute Gasteiger partial charge is 0.411 e. The van der Waals surface area contributed by atoms with Crippen molar-refractivity contribution in [2.45, 2.75) is 51.2 Å². The molecule has 1 aliphatic rings. The lowest BCUT2D eigenvalue weighted by atomic mass is 10.0. The van der Waals surface area contributed by atoms with Gasteiger partial charge in [-0.05, 0) is 68.6 Å². The molecule has 9 nitrogen and oxygen atoms in total. The minimum atomic E-state index is -0.425. The molecule has 9 heteroatoms. The lowest BCUT2D eigenvalue weighted by molar-refractivity contribution is -0.130. The van der Waals surface area contributed by atoms with E-state index >= 15 is 0 Å². The predicted octanol–water partition coefficient (Wildman–Crippen LogP) is 6.30. The van der Waals surface area contributed by atoms with E-state index in [9.17, 15) is 14.4 Å². The molecule has 0 bridgehead atoms. The van der Waals surface area contributed by atoms with Gasteiger partial charge < -0.3 is 24.2 Å². The quantitative estimate of drug-likeness (QED) is 0.156. The molecule has 3 aromatic rings. The summed E-state index contributed by atoms with van der Waals surface area (Å²) in [6.45, 7) is 4.94. The standard InChI is InChI=1S/C37H48N4O5/c1-39(28-29-17-19-31(20-18-29)36(43)45-3)23-11-5-8-16-35(42)40(2)26-27-41-24-21-32(22-25-41)46-37(44)38-34-15-10-9-14-33(34)30-12-6-4-7-13-30/h4,6-7,9-10,12-15,17-20,32H,5,8,11,16,21-28H2,1-3H3,(H,38,44). The highest BCUT2D eigenvalue weighted by Crippen LogP contribution is 2.28. The number of hydrogen-bond donors (Lipinski definition) is 1. The third-order valence-electron chi connectivity index (χ3n) is 8.49. The van der Waals surface area contributed by atoms with Gasteiger partial charge in [-0.25, -0.2) is 9.59 Å². The molecule has 0 saturated carbocycles. The van der Waals surface area contributed by atoms with Gasteiger partial charge in [0.15, 0.2) is 0 Å². The molecule has 2 amide bonds. The molecule has 0 radical (unpaired) electrons. The highest BCUT2D eigenvalue weighted by atomic mass is 16.6. The van der Waals surface area contributed by atoms with Gasteiger partial charge in [0.25, 0.3) is 0 Å². The minimum absolute atomic E-state index is 0.120. The largest absolute Gasteiger partial charge is 0.465 e. The zero-order valence-corrected chi connectivity index (χ0v) is 27.5. The van der Waals surface area contributed by atoms with Crippen LogP contribution in [0.1, 0.15) is 54.4 Å². The zero-order valence-electron chi connectivity index (χ0n) is 27.5. The average Bonchev–Trinajstić information content (AvgIpc) is 3.08. The first-order valence-electron chi connectivity index (χ1n) is 16.3. The van der Waals surface area contributed by atoms with Crippen molar-refractivity contribution >= 4 is 23.7 Å². The lowest BCUT2D eigenvalue weighted by Gasteiger charge is -2.32. The third-order valence-corrected chi connectivity index (χ3v) is 8.49. The summed E-state index contributed by atoms with van der Waals surface area (Å²) >= 11 is 0. The number of amides is 2. The SMILES string of the molecule is COC(=O)c1ccc(CN(C)CCCCCC(=O)N(C)CCN2CCC(OC(=O)Nc3ccccc3-c3ccccc3)CC2)cc1. The second-order valence-corrected chi connectivity index (χ2v) is 12.0. The summed E-state index contributed by atoms with van der Waals surface area (Å²) in [5, 5.41) is 2.93. The maximum Gasteiger partial charge on any atom is 0.411 e. The van der Waals surface area contributed by atoms with Crippen molar-refractivity contribution in [3.63, 3.8) is 0 Å². The van der Waals surface area contributed by atoms with Gasteiger partial charge in [0.2, 0.25) is 5.91 Å². The second-order valence-electron chi connectivity index (χ2n) is 12.0. The van der Waals surface area contributed by atoms with Crippen LogP contribution >= 0.6 is 0 Å². The molecule has 1 heterocycles. The number of carbonyl (C=O) groups is 3. The summed E-state index contributed by atoms with van der Waals surface area (Å²) in [7, 11) is 5.36. The fraction of sp³-hybridized carbons (Fsp3) is 0.432. The van der Waals surface area contributed by atoms with Crippen LogP contribution in [0, 0.1) is 0 Å². The Morgan fingerprint density at radius 1 is 0.848 bits per heavy atom. The number of anilines is 1. The summed E-state index contributed by atoms with van der Waals surface area (Å²) in [4.78, 5) is 43.4. The summed E-state index contributed by atoms with van der Waals surface area (Å²) in [6.07, 6.45) is 4.49. The first kappa shape index (κ1) is 34.7. The van der Waals surface area contributed by atoms with E-state index in [1.165, 1.54) is 7.11 Å². The van der Waals surface area contributed by atoms with Gasteiger partial charge in [-0.15, -0.1) is 0 Å². The number of likely N-dealkylation sites (tertiary alicyclic amines) is 1. The monoisotopic (exact) mass is 628 g/mol. The van der Waals surface area contributed by atoms with Crippen molar-refractivity contribution in [2.24, 2.45) is 0 Å². The molecule has 0 atom stereocenters. The Kier molecular flexibility index (Phi) is 13.6. The average molecular weight is 629 g/mol. The molecule has 4 rings (SSSR count). The normalized spacial score (nSPS) is 13.7. The minimum Gasteiger partial charge on any atom is -0.465 e. The van der Waals surface area contributed by atoms with Crippen LogP contribution in [0.25, 0.3) is 11.1 Å². The molecule has 0 unspecified atom stereocenters. The van der Waals surface area contributed by atoms with Crippen LogP contribution in [0.2, 0.25) is 0 Å². The van der Waals surface area contributed by atoms with Crippen molar-refractivity contribution in [3.8, 4) is 11.1 Å². The van der Waals surface area contributed by atoms with Gasteiger partial charge in [-0.1, -0.05) is 67.1 Å². The van der Waals surface area contributed by atoms with E-state index in [-0.39, 0.29) is 18.0 Å². The molecule has 1 fully saturated rings. The number of carbonyl (C=O) groups excluding carboxylic acids is 3. The van der Waals surface area contributed by atoms with Gasteiger partial charge in [0, 0.05) is 51.8 Å². The summed E-state index contributed by atoms with van der Waals surface area (Å²) in [6, 6.07) is 25.2. The molecule has 0 spiro atoms. The number of unbranched alkanes of at least 4 members (excludes halogenated alkanes) is 2. The van der Waals surface area contributed by atoms with Gasteiger partial charge in [-0.3, -0.25) is 10.1 Å². The number of piperidine rings is 1. The molecule has 0 aliphatic carbocycles. The molecule has 1 saturated heterocycles. The first-order chi connectivity index (χ1) is 22.3. The molecular formula is C37H48N4O5. The molecule has 3 aromatic carbocycles. The van der Waals surface area contributed by atoms with Crippen LogP contribution in [-0.2, 0) is 20.8 Å². The number of rotatable bonds is 15. The second kappa shape index (κ2) is 18.1. The Hall–Kier alpha value is -4.21. The van der Waals surface area contributed by atoms with Crippen LogP contribution in [-0.4, -0.2) is 92.7 Å². The van der Waals surface area contributed by atoms with E-state index in [0.29, 0.717) is 18.5 Å². The van der Waals surface area contributed by atoms with Gasteiger partial charge in [-0.2, -0.15) is 0 Å². The fourth-order valence-electron chi connectivity index (χ4n) is 5.70.